The van der Waals surface area contributed by atoms with Gasteiger partial charge >= 0.3 is 0 Å². The van der Waals surface area contributed by atoms with E-state index < -0.39 is 0 Å². The van der Waals surface area contributed by atoms with Crippen molar-refractivity contribution in [3.8, 4) is 0 Å². The average molecular weight is 183 g/mol. The molecule has 2 N–H and O–H groups in total. The first-order chi connectivity index (χ1) is 5.85. The molecule has 0 amide bonds. The van der Waals surface area contributed by atoms with E-state index in [9.17, 15) is 0 Å². The Balaban J connectivity index is 2.72. The fourth-order valence-electron chi connectivity index (χ4n) is 2.66. The van der Waals surface area contributed by atoms with Crippen LogP contribution < -0.4 is 5.32 Å². The Kier molecular flexibility index (Phi) is 2.71. The molecule has 0 aliphatic carbocycles. The summed E-state index contributed by atoms with van der Waals surface area (Å²) in [5.74, 6) is 0.497. The lowest BCUT2D eigenvalue weighted by Gasteiger charge is -2.45. The minimum atomic E-state index is 0.173. The molecule has 1 aliphatic heterocycles. The fraction of sp³-hybridized carbons (Fsp3) is 0.818. The molecule has 1 fully saturated rings. The van der Waals surface area contributed by atoms with E-state index in [1.807, 2.05) is 6.08 Å². The van der Waals surface area contributed by atoms with Crippen LogP contribution in [0, 0.1) is 5.92 Å². The topological polar surface area (TPSA) is 32.3 Å². The van der Waals surface area contributed by atoms with E-state index in [0.29, 0.717) is 5.92 Å². The van der Waals surface area contributed by atoms with Crippen LogP contribution in [0.25, 0.3) is 0 Å². The minimum Gasteiger partial charge on any atom is -0.516 e. The first kappa shape index (κ1) is 10.6. The molecule has 13 heavy (non-hydrogen) atoms. The maximum Gasteiger partial charge on any atom is 0.0754 e. The molecule has 0 bridgehead atoms. The van der Waals surface area contributed by atoms with Gasteiger partial charge in [0.25, 0.3) is 0 Å². The average Bonchev–Trinajstić information content (AvgIpc) is 1.78. The molecule has 0 aromatic carbocycles. The van der Waals surface area contributed by atoms with Gasteiger partial charge in [0.1, 0.15) is 0 Å². The largest absolute Gasteiger partial charge is 0.516 e. The summed E-state index contributed by atoms with van der Waals surface area (Å²) in [5.41, 5.74) is 0.345. The molecule has 1 heterocycles. The van der Waals surface area contributed by atoms with Crippen molar-refractivity contribution in [3.05, 3.63) is 12.3 Å². The molecule has 0 radical (unpaired) electrons. The first-order valence-corrected chi connectivity index (χ1v) is 4.95. The maximum absolute atomic E-state index is 8.76. The monoisotopic (exact) mass is 183 g/mol. The molecule has 1 aliphatic rings. The second-order valence-electron chi connectivity index (χ2n) is 5.40. The predicted octanol–water partition coefficient (Wildman–Crippen LogP) is 2.61. The highest BCUT2D eigenvalue weighted by Crippen LogP contribution is 2.33. The van der Waals surface area contributed by atoms with Gasteiger partial charge in [-0.2, -0.15) is 0 Å². The highest BCUT2D eigenvalue weighted by atomic mass is 16.2. The van der Waals surface area contributed by atoms with Crippen molar-refractivity contribution < 1.29 is 5.11 Å². The van der Waals surface area contributed by atoms with Gasteiger partial charge in [-0.1, -0.05) is 0 Å². The second-order valence-corrected chi connectivity index (χ2v) is 5.40. The first-order valence-electron chi connectivity index (χ1n) is 4.95. The van der Waals surface area contributed by atoms with E-state index in [-0.39, 0.29) is 11.1 Å². The lowest BCUT2D eigenvalue weighted by Crippen LogP contribution is -2.57. The number of aliphatic hydroxyl groups is 1. The SMILES string of the molecule is CC1(C)CC(C=CO)CC(C)(C)N1. The van der Waals surface area contributed by atoms with Crippen LogP contribution in [0.15, 0.2) is 12.3 Å². The fourth-order valence-corrected chi connectivity index (χ4v) is 2.66. The summed E-state index contributed by atoms with van der Waals surface area (Å²) in [4.78, 5) is 0. The molecule has 0 aromatic rings. The van der Waals surface area contributed by atoms with Crippen molar-refractivity contribution in [3.63, 3.8) is 0 Å². The summed E-state index contributed by atoms with van der Waals surface area (Å²) in [5, 5.41) is 12.4. The Hall–Kier alpha value is -0.500. The Morgan fingerprint density at radius 1 is 1.15 bits per heavy atom. The van der Waals surface area contributed by atoms with Crippen molar-refractivity contribution in [2.45, 2.75) is 51.6 Å². The number of rotatable bonds is 1. The van der Waals surface area contributed by atoms with E-state index >= 15 is 0 Å². The molecule has 2 heteroatoms. The number of aliphatic hydroxyl groups excluding tert-OH is 1. The Labute approximate surface area is 81.0 Å². The number of allylic oxidation sites excluding steroid dienone is 1. The molecule has 1 saturated heterocycles. The van der Waals surface area contributed by atoms with Crippen LogP contribution in [0.4, 0.5) is 0 Å². The molecular weight excluding hydrogens is 162 g/mol. The van der Waals surface area contributed by atoms with E-state index in [0.717, 1.165) is 12.8 Å². The third kappa shape index (κ3) is 3.03. The molecule has 0 unspecified atom stereocenters. The van der Waals surface area contributed by atoms with E-state index in [2.05, 4.69) is 33.0 Å². The van der Waals surface area contributed by atoms with Crippen molar-refractivity contribution in [2.75, 3.05) is 0 Å². The van der Waals surface area contributed by atoms with E-state index in [4.69, 9.17) is 5.11 Å². The molecule has 0 saturated carbocycles. The lowest BCUT2D eigenvalue weighted by molar-refractivity contribution is 0.149. The molecule has 0 aromatic heterocycles. The number of hydrogen-bond acceptors (Lipinski definition) is 2. The molecule has 0 spiro atoms. The number of hydrogen-bond donors (Lipinski definition) is 2. The van der Waals surface area contributed by atoms with Gasteiger partial charge in [-0.15, -0.1) is 0 Å². The normalized spacial score (nSPS) is 28.0. The standard InChI is InChI=1S/C11H21NO/c1-10(2)7-9(5-6-13)8-11(3,4)12-10/h5-6,9,12-13H,7-8H2,1-4H3. The summed E-state index contributed by atoms with van der Waals surface area (Å²) in [6.07, 6.45) is 5.27. The van der Waals surface area contributed by atoms with Crippen LogP contribution >= 0.6 is 0 Å². The van der Waals surface area contributed by atoms with Crippen LogP contribution in [-0.4, -0.2) is 16.2 Å². The van der Waals surface area contributed by atoms with Gasteiger partial charge in [0.05, 0.1) is 6.26 Å². The van der Waals surface area contributed by atoms with Gasteiger partial charge in [0, 0.05) is 11.1 Å². The molecule has 1 rings (SSSR count). The Morgan fingerprint density at radius 3 is 2.00 bits per heavy atom. The molecule has 0 atom stereocenters. The Bertz CT molecular complexity index is 190. The van der Waals surface area contributed by atoms with Gasteiger partial charge in [-0.3, -0.25) is 0 Å². The van der Waals surface area contributed by atoms with Gasteiger partial charge in [0.15, 0.2) is 0 Å². The van der Waals surface area contributed by atoms with Crippen molar-refractivity contribution in [1.29, 1.82) is 0 Å². The molecule has 76 valence electrons. The predicted molar refractivity (Wildman–Crippen MR) is 55.8 cm³/mol. The van der Waals surface area contributed by atoms with Crippen LogP contribution in [-0.2, 0) is 0 Å². The summed E-state index contributed by atoms with van der Waals surface area (Å²) in [6.45, 7) is 8.86. The van der Waals surface area contributed by atoms with Crippen LogP contribution in [0.3, 0.4) is 0 Å². The van der Waals surface area contributed by atoms with E-state index in [1.165, 1.54) is 6.26 Å². The number of piperidine rings is 1. The summed E-state index contributed by atoms with van der Waals surface area (Å²) in [6, 6.07) is 0. The van der Waals surface area contributed by atoms with Gasteiger partial charge in [-0.05, 0) is 52.5 Å². The smallest absolute Gasteiger partial charge is 0.0754 e. The van der Waals surface area contributed by atoms with E-state index in [1.54, 1.807) is 0 Å². The van der Waals surface area contributed by atoms with Crippen molar-refractivity contribution in [1.82, 2.24) is 5.32 Å². The number of nitrogens with one attached hydrogen (secondary N) is 1. The van der Waals surface area contributed by atoms with Crippen LogP contribution in [0.1, 0.15) is 40.5 Å². The molecule has 2 nitrogen and oxygen atoms in total. The van der Waals surface area contributed by atoms with Crippen LogP contribution in [0.5, 0.6) is 0 Å². The third-order valence-electron chi connectivity index (χ3n) is 2.58. The summed E-state index contributed by atoms with van der Waals surface area (Å²) >= 11 is 0. The maximum atomic E-state index is 8.76. The minimum absolute atomic E-state index is 0.173. The zero-order chi connectivity index (χ0) is 10.1. The highest BCUT2D eigenvalue weighted by Gasteiger charge is 2.36. The summed E-state index contributed by atoms with van der Waals surface area (Å²) in [7, 11) is 0. The quantitative estimate of drug-likeness (QED) is 0.612. The molecular formula is C11H21NO. The van der Waals surface area contributed by atoms with Gasteiger partial charge in [-0.25, -0.2) is 0 Å². The lowest BCUT2D eigenvalue weighted by atomic mass is 9.76. The Morgan fingerprint density at radius 2 is 1.62 bits per heavy atom. The van der Waals surface area contributed by atoms with Crippen molar-refractivity contribution in [2.24, 2.45) is 5.92 Å². The zero-order valence-corrected chi connectivity index (χ0v) is 9.09. The summed E-state index contributed by atoms with van der Waals surface area (Å²) < 4.78 is 0. The van der Waals surface area contributed by atoms with Gasteiger partial charge < -0.3 is 10.4 Å². The zero-order valence-electron chi connectivity index (χ0n) is 9.09. The van der Waals surface area contributed by atoms with Gasteiger partial charge in [0.2, 0.25) is 0 Å². The second kappa shape index (κ2) is 3.33. The third-order valence-corrected chi connectivity index (χ3v) is 2.58. The highest BCUT2D eigenvalue weighted by molar-refractivity contribution is 5.01. The van der Waals surface area contributed by atoms with Crippen molar-refractivity contribution >= 4 is 0 Å². The van der Waals surface area contributed by atoms with Crippen LogP contribution in [0.2, 0.25) is 0 Å².